The van der Waals surface area contributed by atoms with Crippen molar-refractivity contribution in [3.63, 3.8) is 0 Å². The predicted octanol–water partition coefficient (Wildman–Crippen LogP) is 3.63. The maximum absolute atomic E-state index is 12.2. The van der Waals surface area contributed by atoms with E-state index in [0.717, 1.165) is 25.8 Å². The highest BCUT2D eigenvalue weighted by molar-refractivity contribution is 6.37. The minimum absolute atomic E-state index is 0.0337. The number of carbonyl (C=O) groups is 1. The average molecular weight is 328 g/mol. The van der Waals surface area contributed by atoms with Crippen molar-refractivity contribution in [3.05, 3.63) is 39.9 Å². The standard InChI is InChI=1S/C16H19Cl2NO2/c17-14-4-1-5-15(18)13(14)6-7-16(21)19-9-2-3-12(11-19)8-10-20/h1,4-7,12,20H,2-3,8-11H2. The molecular weight excluding hydrogens is 309 g/mol. The molecule has 1 N–H and O–H groups in total. The Bertz CT molecular complexity index is 509. The fraction of sp³-hybridized carbons (Fsp3) is 0.438. The molecule has 1 saturated heterocycles. The molecule has 0 radical (unpaired) electrons. The first kappa shape index (κ1) is 16.3. The van der Waals surface area contributed by atoms with Gasteiger partial charge in [-0.25, -0.2) is 0 Å². The molecule has 1 aliphatic rings. The van der Waals surface area contributed by atoms with Gasteiger partial charge >= 0.3 is 0 Å². The van der Waals surface area contributed by atoms with Crippen molar-refractivity contribution in [1.29, 1.82) is 0 Å². The van der Waals surface area contributed by atoms with Gasteiger partial charge in [0.05, 0.1) is 0 Å². The lowest BCUT2D eigenvalue weighted by Gasteiger charge is -2.31. The summed E-state index contributed by atoms with van der Waals surface area (Å²) >= 11 is 12.1. The molecule has 1 aromatic rings. The van der Waals surface area contributed by atoms with Gasteiger partial charge in [0, 0.05) is 41.4 Å². The molecule has 3 nitrogen and oxygen atoms in total. The number of halogens is 2. The van der Waals surface area contributed by atoms with Gasteiger partial charge in [0.1, 0.15) is 0 Å². The maximum atomic E-state index is 12.2. The molecule has 0 bridgehead atoms. The Morgan fingerprint density at radius 2 is 2.10 bits per heavy atom. The number of rotatable bonds is 4. The van der Waals surface area contributed by atoms with Crippen LogP contribution in [0.3, 0.4) is 0 Å². The molecular formula is C16H19Cl2NO2. The lowest BCUT2D eigenvalue weighted by atomic mass is 9.95. The van der Waals surface area contributed by atoms with E-state index in [2.05, 4.69) is 0 Å². The second-order valence-corrected chi connectivity index (χ2v) is 6.09. The molecule has 1 aromatic carbocycles. The van der Waals surface area contributed by atoms with Gasteiger partial charge < -0.3 is 10.0 Å². The molecule has 1 unspecified atom stereocenters. The van der Waals surface area contributed by atoms with Gasteiger partial charge in [-0.2, -0.15) is 0 Å². The lowest BCUT2D eigenvalue weighted by molar-refractivity contribution is -0.127. The van der Waals surface area contributed by atoms with E-state index in [-0.39, 0.29) is 12.5 Å². The van der Waals surface area contributed by atoms with E-state index in [4.69, 9.17) is 28.3 Å². The zero-order valence-electron chi connectivity index (χ0n) is 11.8. The monoisotopic (exact) mass is 327 g/mol. The largest absolute Gasteiger partial charge is 0.396 e. The van der Waals surface area contributed by atoms with E-state index in [9.17, 15) is 4.79 Å². The normalized spacial score (nSPS) is 19.2. The van der Waals surface area contributed by atoms with Crippen LogP contribution in [0.4, 0.5) is 0 Å². The number of carbonyl (C=O) groups excluding carboxylic acids is 1. The molecule has 1 fully saturated rings. The predicted molar refractivity (Wildman–Crippen MR) is 86.5 cm³/mol. The lowest BCUT2D eigenvalue weighted by Crippen LogP contribution is -2.39. The van der Waals surface area contributed by atoms with Gasteiger partial charge in [0.25, 0.3) is 0 Å². The third-order valence-corrected chi connectivity index (χ3v) is 4.42. The van der Waals surface area contributed by atoms with E-state index < -0.39 is 0 Å². The highest BCUT2D eigenvalue weighted by Crippen LogP contribution is 2.26. The molecule has 5 heteroatoms. The molecule has 1 heterocycles. The van der Waals surface area contributed by atoms with Gasteiger partial charge in [0.2, 0.25) is 5.91 Å². The van der Waals surface area contributed by atoms with Gasteiger partial charge in [-0.15, -0.1) is 0 Å². The van der Waals surface area contributed by atoms with Crippen molar-refractivity contribution >= 4 is 35.2 Å². The van der Waals surface area contributed by atoms with Gasteiger partial charge in [-0.05, 0) is 43.4 Å². The van der Waals surface area contributed by atoms with Crippen LogP contribution in [-0.2, 0) is 4.79 Å². The highest BCUT2D eigenvalue weighted by Gasteiger charge is 2.21. The first-order valence-electron chi connectivity index (χ1n) is 7.13. The summed E-state index contributed by atoms with van der Waals surface area (Å²) in [5.41, 5.74) is 0.665. The minimum atomic E-state index is -0.0337. The SMILES string of the molecule is O=C(C=Cc1c(Cl)cccc1Cl)N1CCCC(CCO)C1. The quantitative estimate of drug-likeness (QED) is 0.858. The zero-order chi connectivity index (χ0) is 15.2. The van der Waals surface area contributed by atoms with Crippen LogP contribution in [0.5, 0.6) is 0 Å². The summed E-state index contributed by atoms with van der Waals surface area (Å²) in [5.74, 6) is 0.360. The summed E-state index contributed by atoms with van der Waals surface area (Å²) in [6, 6.07) is 5.26. The van der Waals surface area contributed by atoms with Crippen molar-refractivity contribution in [1.82, 2.24) is 4.90 Å². The number of aliphatic hydroxyl groups excluding tert-OH is 1. The number of amides is 1. The fourth-order valence-corrected chi connectivity index (χ4v) is 3.14. The van der Waals surface area contributed by atoms with Crippen molar-refractivity contribution < 1.29 is 9.90 Å². The molecule has 1 amide bonds. The molecule has 0 aliphatic carbocycles. The maximum Gasteiger partial charge on any atom is 0.246 e. The van der Waals surface area contributed by atoms with Crippen LogP contribution in [0, 0.1) is 5.92 Å². The second kappa shape index (κ2) is 7.83. The summed E-state index contributed by atoms with van der Waals surface area (Å²) in [4.78, 5) is 14.1. The summed E-state index contributed by atoms with van der Waals surface area (Å²) in [6.07, 6.45) is 6.00. The Morgan fingerprint density at radius 1 is 1.38 bits per heavy atom. The van der Waals surface area contributed by atoms with Crippen molar-refractivity contribution in [3.8, 4) is 0 Å². The van der Waals surface area contributed by atoms with Crippen molar-refractivity contribution in [2.75, 3.05) is 19.7 Å². The number of nitrogens with zero attached hydrogens (tertiary/aromatic N) is 1. The Labute approximate surface area is 135 Å². The van der Waals surface area contributed by atoms with E-state index in [1.54, 1.807) is 24.3 Å². The molecule has 1 aliphatic heterocycles. The first-order chi connectivity index (χ1) is 10.1. The second-order valence-electron chi connectivity index (χ2n) is 5.27. The molecule has 2 rings (SSSR count). The van der Waals surface area contributed by atoms with Crippen LogP contribution in [0.2, 0.25) is 10.0 Å². The van der Waals surface area contributed by atoms with Crippen LogP contribution in [0.15, 0.2) is 24.3 Å². The average Bonchev–Trinajstić information content (AvgIpc) is 2.47. The number of likely N-dealkylation sites (tertiary alicyclic amines) is 1. The van der Waals surface area contributed by atoms with Crippen molar-refractivity contribution in [2.24, 2.45) is 5.92 Å². The number of benzene rings is 1. The Balaban J connectivity index is 2.02. The topological polar surface area (TPSA) is 40.5 Å². The molecule has 0 spiro atoms. The number of hydrogen-bond acceptors (Lipinski definition) is 2. The van der Waals surface area contributed by atoms with Crippen LogP contribution in [0.1, 0.15) is 24.8 Å². The summed E-state index contributed by atoms with van der Waals surface area (Å²) in [7, 11) is 0. The highest BCUT2D eigenvalue weighted by atomic mass is 35.5. The van der Waals surface area contributed by atoms with E-state index in [1.165, 1.54) is 6.08 Å². The van der Waals surface area contributed by atoms with Gasteiger partial charge in [-0.1, -0.05) is 29.3 Å². The molecule has 0 saturated carbocycles. The third-order valence-electron chi connectivity index (χ3n) is 3.76. The van der Waals surface area contributed by atoms with Crippen LogP contribution >= 0.6 is 23.2 Å². The van der Waals surface area contributed by atoms with E-state index in [1.807, 2.05) is 4.90 Å². The van der Waals surface area contributed by atoms with Crippen LogP contribution in [-0.4, -0.2) is 35.6 Å². The van der Waals surface area contributed by atoms with Crippen molar-refractivity contribution in [2.45, 2.75) is 19.3 Å². The third kappa shape index (κ3) is 4.47. The summed E-state index contributed by atoms with van der Waals surface area (Å²) < 4.78 is 0. The Morgan fingerprint density at radius 3 is 2.76 bits per heavy atom. The molecule has 0 aromatic heterocycles. The number of hydrogen-bond donors (Lipinski definition) is 1. The summed E-state index contributed by atoms with van der Waals surface area (Å²) in [6.45, 7) is 1.65. The molecule has 114 valence electrons. The minimum Gasteiger partial charge on any atom is -0.396 e. The molecule has 21 heavy (non-hydrogen) atoms. The zero-order valence-corrected chi connectivity index (χ0v) is 13.3. The summed E-state index contributed by atoms with van der Waals surface area (Å²) in [5, 5.41) is 10.1. The Kier molecular flexibility index (Phi) is 6.09. The van der Waals surface area contributed by atoms with Gasteiger partial charge in [-0.3, -0.25) is 4.79 Å². The first-order valence-corrected chi connectivity index (χ1v) is 7.89. The van der Waals surface area contributed by atoms with E-state index in [0.29, 0.717) is 28.1 Å². The smallest absolute Gasteiger partial charge is 0.246 e. The van der Waals surface area contributed by atoms with Gasteiger partial charge in [0.15, 0.2) is 0 Å². The van der Waals surface area contributed by atoms with E-state index >= 15 is 0 Å². The van der Waals surface area contributed by atoms with Crippen LogP contribution in [0.25, 0.3) is 6.08 Å². The number of piperidine rings is 1. The fourth-order valence-electron chi connectivity index (χ4n) is 2.61. The molecule has 1 atom stereocenters. The Hall–Kier alpha value is -1.03. The van der Waals surface area contributed by atoms with Crippen LogP contribution < -0.4 is 0 Å². The number of aliphatic hydroxyl groups is 1.